The Labute approximate surface area is 148 Å². The number of amides is 2. The summed E-state index contributed by atoms with van der Waals surface area (Å²) in [6.07, 6.45) is -0.679. The van der Waals surface area contributed by atoms with Crippen molar-refractivity contribution in [2.45, 2.75) is 58.3 Å². The number of carbonyl (C=O) groups is 3. The van der Waals surface area contributed by atoms with Crippen LogP contribution in [0.2, 0.25) is 0 Å². The monoisotopic (exact) mass is 356 g/mol. The predicted octanol–water partition coefficient (Wildman–Crippen LogP) is 0.768. The first-order chi connectivity index (χ1) is 11.6. The van der Waals surface area contributed by atoms with Crippen molar-refractivity contribution >= 4 is 18.0 Å². The zero-order valence-electron chi connectivity index (χ0n) is 15.4. The first kappa shape index (κ1) is 19.5. The van der Waals surface area contributed by atoms with E-state index in [0.717, 1.165) is 0 Å². The zero-order chi connectivity index (χ0) is 18.8. The molecule has 1 N–H and O–H groups in total. The summed E-state index contributed by atoms with van der Waals surface area (Å²) in [7, 11) is 0. The summed E-state index contributed by atoms with van der Waals surface area (Å²) in [5.41, 5.74) is -0.623. The van der Waals surface area contributed by atoms with Gasteiger partial charge < -0.3 is 24.4 Å². The molecule has 2 unspecified atom stereocenters. The maximum Gasteiger partial charge on any atom is 0.410 e. The number of aliphatic hydroxyl groups excluding tert-OH is 1. The second-order valence-corrected chi connectivity index (χ2v) is 7.48. The fourth-order valence-electron chi connectivity index (χ4n) is 3.30. The van der Waals surface area contributed by atoms with E-state index in [0.29, 0.717) is 25.9 Å². The predicted molar refractivity (Wildman–Crippen MR) is 88.7 cm³/mol. The van der Waals surface area contributed by atoms with Crippen molar-refractivity contribution in [3.8, 4) is 0 Å². The lowest BCUT2D eigenvalue weighted by Gasteiger charge is -2.41. The van der Waals surface area contributed by atoms with Crippen molar-refractivity contribution in [1.29, 1.82) is 0 Å². The third kappa shape index (κ3) is 4.62. The summed E-state index contributed by atoms with van der Waals surface area (Å²) in [4.78, 5) is 39.9. The van der Waals surface area contributed by atoms with Crippen LogP contribution in [0.25, 0.3) is 0 Å². The molecule has 0 saturated carbocycles. The fourth-order valence-corrected chi connectivity index (χ4v) is 3.30. The van der Waals surface area contributed by atoms with Crippen LogP contribution in [0.3, 0.4) is 0 Å². The Morgan fingerprint density at radius 2 is 1.92 bits per heavy atom. The van der Waals surface area contributed by atoms with Gasteiger partial charge in [-0.15, -0.1) is 0 Å². The Balaban J connectivity index is 2.13. The summed E-state index contributed by atoms with van der Waals surface area (Å²) in [6.45, 7) is 8.22. The lowest BCUT2D eigenvalue weighted by atomic mass is 9.91. The van der Waals surface area contributed by atoms with Crippen molar-refractivity contribution in [2.75, 3.05) is 26.2 Å². The highest BCUT2D eigenvalue weighted by Gasteiger charge is 2.45. The summed E-state index contributed by atoms with van der Waals surface area (Å²) >= 11 is 0. The SMILES string of the molecule is CCOC(=O)C1CN(C(=O)OC(C)(C)C)CCC1N1CC[C@@H](O)C1=O. The van der Waals surface area contributed by atoms with Crippen LogP contribution in [0.1, 0.15) is 40.5 Å². The van der Waals surface area contributed by atoms with E-state index < -0.39 is 29.7 Å². The Hall–Kier alpha value is -1.83. The number of esters is 1. The van der Waals surface area contributed by atoms with E-state index in [-0.39, 0.29) is 25.1 Å². The van der Waals surface area contributed by atoms with Crippen molar-refractivity contribution in [1.82, 2.24) is 9.80 Å². The molecule has 0 aromatic rings. The maximum absolute atomic E-state index is 12.4. The van der Waals surface area contributed by atoms with Gasteiger partial charge in [-0.05, 0) is 40.5 Å². The average molecular weight is 356 g/mol. The van der Waals surface area contributed by atoms with E-state index in [2.05, 4.69) is 0 Å². The zero-order valence-corrected chi connectivity index (χ0v) is 15.4. The number of carbonyl (C=O) groups excluding carboxylic acids is 3. The molecule has 8 heteroatoms. The Morgan fingerprint density at radius 1 is 1.24 bits per heavy atom. The van der Waals surface area contributed by atoms with Crippen molar-refractivity contribution in [3.05, 3.63) is 0 Å². The molecular formula is C17H28N2O6. The molecule has 2 heterocycles. The van der Waals surface area contributed by atoms with E-state index in [4.69, 9.17) is 9.47 Å². The van der Waals surface area contributed by atoms with E-state index in [1.54, 1.807) is 32.6 Å². The third-order valence-corrected chi connectivity index (χ3v) is 4.43. The van der Waals surface area contributed by atoms with Gasteiger partial charge in [0.25, 0.3) is 5.91 Å². The van der Waals surface area contributed by atoms with Crippen molar-refractivity contribution < 1.29 is 29.0 Å². The van der Waals surface area contributed by atoms with Gasteiger partial charge in [0, 0.05) is 25.7 Å². The fraction of sp³-hybridized carbons (Fsp3) is 0.824. The Bertz CT molecular complexity index is 530. The minimum absolute atomic E-state index is 0.137. The Kier molecular flexibility index (Phi) is 5.92. The van der Waals surface area contributed by atoms with Crippen molar-refractivity contribution in [3.63, 3.8) is 0 Å². The third-order valence-electron chi connectivity index (χ3n) is 4.43. The summed E-state index contributed by atoms with van der Waals surface area (Å²) < 4.78 is 10.5. The lowest BCUT2D eigenvalue weighted by Crippen LogP contribution is -2.56. The van der Waals surface area contributed by atoms with Gasteiger partial charge in [0.15, 0.2) is 0 Å². The van der Waals surface area contributed by atoms with Crippen LogP contribution in [-0.4, -0.2) is 76.9 Å². The summed E-state index contributed by atoms with van der Waals surface area (Å²) in [6, 6.07) is -0.373. The summed E-state index contributed by atoms with van der Waals surface area (Å²) in [5.74, 6) is -1.43. The van der Waals surface area contributed by atoms with Gasteiger partial charge >= 0.3 is 12.1 Å². The molecule has 2 saturated heterocycles. The highest BCUT2D eigenvalue weighted by Crippen LogP contribution is 2.28. The molecule has 142 valence electrons. The van der Waals surface area contributed by atoms with Crippen LogP contribution in [-0.2, 0) is 19.1 Å². The Morgan fingerprint density at radius 3 is 2.44 bits per heavy atom. The number of hydrogen-bond donors (Lipinski definition) is 1. The number of ether oxygens (including phenoxy) is 2. The van der Waals surface area contributed by atoms with Gasteiger partial charge in [-0.2, -0.15) is 0 Å². The molecule has 0 aromatic heterocycles. The molecule has 8 nitrogen and oxygen atoms in total. The van der Waals surface area contributed by atoms with Crippen LogP contribution in [0, 0.1) is 5.92 Å². The van der Waals surface area contributed by atoms with Crippen LogP contribution in [0.15, 0.2) is 0 Å². The number of piperidine rings is 1. The minimum Gasteiger partial charge on any atom is -0.466 e. The van der Waals surface area contributed by atoms with E-state index in [9.17, 15) is 19.5 Å². The quantitative estimate of drug-likeness (QED) is 0.750. The lowest BCUT2D eigenvalue weighted by molar-refractivity contribution is -0.154. The van der Waals surface area contributed by atoms with Crippen LogP contribution in [0.5, 0.6) is 0 Å². The van der Waals surface area contributed by atoms with E-state index in [1.807, 2.05) is 0 Å². The largest absolute Gasteiger partial charge is 0.466 e. The van der Waals surface area contributed by atoms with Gasteiger partial charge in [0.05, 0.1) is 12.5 Å². The number of likely N-dealkylation sites (tertiary alicyclic amines) is 2. The number of nitrogens with zero attached hydrogens (tertiary/aromatic N) is 2. The molecule has 3 atom stereocenters. The normalized spacial score (nSPS) is 27.4. The van der Waals surface area contributed by atoms with E-state index in [1.165, 1.54) is 4.90 Å². The van der Waals surface area contributed by atoms with Gasteiger partial charge in [0.2, 0.25) is 0 Å². The second-order valence-electron chi connectivity index (χ2n) is 7.48. The number of aliphatic hydroxyl groups is 1. The second kappa shape index (κ2) is 7.59. The smallest absolute Gasteiger partial charge is 0.410 e. The molecule has 2 rings (SSSR count). The average Bonchev–Trinajstić information content (AvgIpc) is 2.85. The maximum atomic E-state index is 12.4. The number of rotatable bonds is 3. The van der Waals surface area contributed by atoms with Gasteiger partial charge in [0.1, 0.15) is 11.7 Å². The standard InChI is InChI=1S/C17H28N2O6/c1-5-24-15(22)11-10-18(16(23)25-17(2,3)4)8-6-12(11)19-9-7-13(20)14(19)21/h11-13,20H,5-10H2,1-4H3/t11?,12?,13-/m1/s1. The van der Waals surface area contributed by atoms with Gasteiger partial charge in [-0.1, -0.05) is 0 Å². The van der Waals surface area contributed by atoms with E-state index >= 15 is 0 Å². The molecular weight excluding hydrogens is 328 g/mol. The van der Waals surface area contributed by atoms with Crippen LogP contribution < -0.4 is 0 Å². The molecule has 2 amide bonds. The van der Waals surface area contributed by atoms with Gasteiger partial charge in [-0.3, -0.25) is 9.59 Å². The molecule has 0 bridgehead atoms. The minimum atomic E-state index is -1.01. The first-order valence-corrected chi connectivity index (χ1v) is 8.77. The molecule has 2 aliphatic rings. The number of hydrogen-bond acceptors (Lipinski definition) is 6. The summed E-state index contributed by atoms with van der Waals surface area (Å²) in [5, 5.41) is 9.70. The molecule has 2 fully saturated rings. The molecule has 0 aromatic carbocycles. The van der Waals surface area contributed by atoms with Gasteiger partial charge in [-0.25, -0.2) is 4.79 Å². The molecule has 25 heavy (non-hydrogen) atoms. The molecule has 2 aliphatic heterocycles. The molecule has 0 aliphatic carbocycles. The molecule has 0 radical (unpaired) electrons. The first-order valence-electron chi connectivity index (χ1n) is 8.77. The highest BCUT2D eigenvalue weighted by molar-refractivity contribution is 5.84. The van der Waals surface area contributed by atoms with Crippen molar-refractivity contribution in [2.24, 2.45) is 5.92 Å². The highest BCUT2D eigenvalue weighted by atomic mass is 16.6. The topological polar surface area (TPSA) is 96.4 Å². The van der Waals surface area contributed by atoms with Crippen LogP contribution >= 0.6 is 0 Å². The van der Waals surface area contributed by atoms with Crippen LogP contribution in [0.4, 0.5) is 4.79 Å². The molecule has 0 spiro atoms.